The average Bonchev–Trinajstić information content (AvgIpc) is 3.88. The lowest BCUT2D eigenvalue weighted by molar-refractivity contribution is 0.0357. The molecule has 2 fully saturated rings. The molecule has 12 heteroatoms. The number of nitrogens with zero attached hydrogens (tertiary/aromatic N) is 4. The first kappa shape index (κ1) is 31.2. The Labute approximate surface area is 274 Å². The number of aromatic nitrogens is 2. The lowest BCUT2D eigenvalue weighted by Gasteiger charge is -2.26. The summed E-state index contributed by atoms with van der Waals surface area (Å²) in [6, 6.07) is 9.92. The minimum Gasteiger partial charge on any atom is -0.493 e. The molecule has 4 aromatic rings. The van der Waals surface area contributed by atoms with Gasteiger partial charge in [-0.1, -0.05) is 0 Å². The number of pyridine rings is 2. The summed E-state index contributed by atoms with van der Waals surface area (Å²) in [5.74, 6) is 1.05. The Bertz CT molecular complexity index is 1660. The number of morpholine rings is 1. The van der Waals surface area contributed by atoms with Crippen LogP contribution in [-0.2, 0) is 4.74 Å². The topological polar surface area (TPSA) is 95.5 Å². The molecule has 1 aliphatic carbocycles. The van der Waals surface area contributed by atoms with E-state index in [2.05, 4.69) is 14.9 Å². The number of fused-ring (bicyclic) bond motifs is 1. The van der Waals surface area contributed by atoms with E-state index in [0.717, 1.165) is 52.1 Å². The largest absolute Gasteiger partial charge is 0.493 e. The molecule has 2 aliphatic rings. The molecule has 1 amide bonds. The minimum atomic E-state index is -0.616. The zero-order valence-corrected chi connectivity index (χ0v) is 27.3. The van der Waals surface area contributed by atoms with Gasteiger partial charge >= 0.3 is 0 Å². The van der Waals surface area contributed by atoms with E-state index in [1.165, 1.54) is 17.2 Å². The van der Waals surface area contributed by atoms with E-state index in [0.29, 0.717) is 55.3 Å². The van der Waals surface area contributed by atoms with Gasteiger partial charge in [0.15, 0.2) is 23.1 Å². The number of amides is 1. The molecule has 2 aromatic carbocycles. The Hall–Kier alpha value is -3.75. The number of carbonyl (C=O) groups is 1. The summed E-state index contributed by atoms with van der Waals surface area (Å²) in [4.78, 5) is 25.7. The SMILES string of the molecule is COc1cc2c(Oc3c(F)cc(N(C)C(=O)c4cnccc4OC4CC4)cc3I)ccnc2cc1OCCCN1CCOCC1. The Kier molecular flexibility index (Phi) is 9.81. The van der Waals surface area contributed by atoms with Crippen LogP contribution in [0.2, 0.25) is 0 Å². The van der Waals surface area contributed by atoms with Gasteiger partial charge in [-0.3, -0.25) is 19.7 Å². The Morgan fingerprint density at radius 1 is 1.09 bits per heavy atom. The van der Waals surface area contributed by atoms with Gasteiger partial charge in [-0.05, 0) is 66.1 Å². The van der Waals surface area contributed by atoms with Crippen LogP contribution in [-0.4, -0.2) is 80.5 Å². The number of ether oxygens (including phenoxy) is 5. The van der Waals surface area contributed by atoms with Crippen LogP contribution in [0.1, 0.15) is 29.6 Å². The Morgan fingerprint density at radius 3 is 2.64 bits per heavy atom. The molecule has 0 radical (unpaired) electrons. The zero-order valence-electron chi connectivity index (χ0n) is 25.1. The van der Waals surface area contributed by atoms with E-state index < -0.39 is 5.82 Å². The number of rotatable bonds is 12. The van der Waals surface area contributed by atoms with Gasteiger partial charge in [0, 0.05) is 68.5 Å². The van der Waals surface area contributed by atoms with Gasteiger partial charge < -0.3 is 28.6 Å². The van der Waals surface area contributed by atoms with Crippen molar-refractivity contribution in [3.63, 3.8) is 0 Å². The summed E-state index contributed by atoms with van der Waals surface area (Å²) in [7, 11) is 3.16. The van der Waals surface area contributed by atoms with Crippen LogP contribution < -0.4 is 23.8 Å². The summed E-state index contributed by atoms with van der Waals surface area (Å²) in [5.41, 5.74) is 1.31. The number of carbonyl (C=O) groups excluding carboxylic acids is 1. The van der Waals surface area contributed by atoms with E-state index in [1.807, 2.05) is 22.6 Å². The second-order valence-electron chi connectivity index (χ2n) is 10.9. The molecule has 1 aliphatic heterocycles. The van der Waals surface area contributed by atoms with E-state index in [1.54, 1.807) is 56.9 Å². The van der Waals surface area contributed by atoms with Gasteiger partial charge in [0.2, 0.25) is 0 Å². The third kappa shape index (κ3) is 7.39. The van der Waals surface area contributed by atoms with Crippen molar-refractivity contribution < 1.29 is 32.9 Å². The fraction of sp³-hybridized carbons (Fsp3) is 0.364. The number of hydrogen-bond donors (Lipinski definition) is 0. The quantitative estimate of drug-likeness (QED) is 0.127. The highest BCUT2D eigenvalue weighted by molar-refractivity contribution is 14.1. The molecule has 0 atom stereocenters. The molecule has 236 valence electrons. The lowest BCUT2D eigenvalue weighted by Crippen LogP contribution is -2.37. The van der Waals surface area contributed by atoms with Gasteiger partial charge in [0.25, 0.3) is 5.91 Å². The summed E-state index contributed by atoms with van der Waals surface area (Å²) >= 11 is 2.01. The van der Waals surface area contributed by atoms with Crippen molar-refractivity contribution in [3.05, 3.63) is 69.9 Å². The van der Waals surface area contributed by atoms with Crippen molar-refractivity contribution in [2.45, 2.75) is 25.4 Å². The number of hydrogen-bond acceptors (Lipinski definition) is 9. The van der Waals surface area contributed by atoms with Crippen LogP contribution >= 0.6 is 22.6 Å². The standard InChI is InChI=1S/C33H34FIN4O6/c1-38(33(40)24-20-36-8-6-29(24)44-22-4-5-22)21-16-25(34)32(26(35)17-21)45-28-7-9-37-27-19-31(30(41-2)18-23(27)28)43-13-3-10-39-11-14-42-15-12-39/h6-9,16-20,22H,3-5,10-15H2,1-2H3. The maximum Gasteiger partial charge on any atom is 0.263 e. The highest BCUT2D eigenvalue weighted by atomic mass is 127. The van der Waals surface area contributed by atoms with E-state index >= 15 is 4.39 Å². The maximum absolute atomic E-state index is 15.6. The molecular weight excluding hydrogens is 694 g/mol. The van der Waals surface area contributed by atoms with Gasteiger partial charge in [0.1, 0.15) is 17.1 Å². The molecule has 3 heterocycles. The molecule has 1 saturated heterocycles. The molecule has 0 N–H and O–H groups in total. The third-order valence-electron chi connectivity index (χ3n) is 7.68. The number of methoxy groups -OCH3 is 1. The van der Waals surface area contributed by atoms with E-state index in [-0.39, 0.29) is 17.8 Å². The van der Waals surface area contributed by atoms with E-state index in [4.69, 9.17) is 23.7 Å². The first-order valence-corrected chi connectivity index (χ1v) is 15.9. The summed E-state index contributed by atoms with van der Waals surface area (Å²) < 4.78 is 45.3. The minimum absolute atomic E-state index is 0.0363. The predicted octanol–water partition coefficient (Wildman–Crippen LogP) is 6.09. The molecule has 0 bridgehead atoms. The molecule has 2 aromatic heterocycles. The fourth-order valence-corrected chi connectivity index (χ4v) is 5.73. The normalized spacial score (nSPS) is 15.1. The monoisotopic (exact) mass is 728 g/mol. The van der Waals surface area contributed by atoms with E-state index in [9.17, 15) is 4.79 Å². The first-order chi connectivity index (χ1) is 21.9. The number of halogens is 2. The van der Waals surface area contributed by atoms with Crippen molar-refractivity contribution >= 4 is 45.1 Å². The molecule has 1 saturated carbocycles. The van der Waals surface area contributed by atoms with Crippen molar-refractivity contribution in [3.8, 4) is 28.7 Å². The van der Waals surface area contributed by atoms with Crippen LogP contribution in [0.15, 0.2) is 55.0 Å². The van der Waals surface area contributed by atoms with Crippen molar-refractivity contribution in [1.82, 2.24) is 14.9 Å². The average molecular weight is 729 g/mol. The molecule has 45 heavy (non-hydrogen) atoms. The number of anilines is 1. The van der Waals surface area contributed by atoms with Crippen molar-refractivity contribution in [2.75, 3.05) is 58.5 Å². The third-order valence-corrected chi connectivity index (χ3v) is 8.48. The van der Waals surface area contributed by atoms with Crippen LogP contribution in [0, 0.1) is 9.39 Å². The molecule has 6 rings (SSSR count). The predicted molar refractivity (Wildman–Crippen MR) is 175 cm³/mol. The first-order valence-electron chi connectivity index (χ1n) is 14.9. The van der Waals surface area contributed by atoms with Crippen LogP contribution in [0.25, 0.3) is 10.9 Å². The Morgan fingerprint density at radius 2 is 1.89 bits per heavy atom. The second-order valence-corrected chi connectivity index (χ2v) is 12.0. The zero-order chi connectivity index (χ0) is 31.3. The van der Waals surface area contributed by atoms with Crippen LogP contribution in [0.4, 0.5) is 10.1 Å². The van der Waals surface area contributed by atoms with Gasteiger partial charge in [-0.2, -0.15) is 0 Å². The molecular formula is C33H34FIN4O6. The van der Waals surface area contributed by atoms with Gasteiger partial charge in [-0.25, -0.2) is 4.39 Å². The molecule has 10 nitrogen and oxygen atoms in total. The van der Waals surface area contributed by atoms with Crippen LogP contribution in [0.3, 0.4) is 0 Å². The number of benzene rings is 2. The Balaban J connectivity index is 1.18. The highest BCUT2D eigenvalue weighted by Gasteiger charge is 2.27. The summed E-state index contributed by atoms with van der Waals surface area (Å²) in [6.07, 6.45) is 7.57. The van der Waals surface area contributed by atoms with Gasteiger partial charge in [-0.15, -0.1) is 0 Å². The second kappa shape index (κ2) is 14.1. The van der Waals surface area contributed by atoms with Gasteiger partial charge in [0.05, 0.1) is 42.1 Å². The lowest BCUT2D eigenvalue weighted by atomic mass is 10.1. The highest BCUT2D eigenvalue weighted by Crippen LogP contribution is 2.40. The summed E-state index contributed by atoms with van der Waals surface area (Å²) in [6.45, 7) is 4.86. The maximum atomic E-state index is 15.6. The summed E-state index contributed by atoms with van der Waals surface area (Å²) in [5, 5.41) is 0.640. The molecule has 0 spiro atoms. The van der Waals surface area contributed by atoms with Crippen LogP contribution in [0.5, 0.6) is 28.7 Å². The molecule has 0 unspecified atom stereocenters. The smallest absolute Gasteiger partial charge is 0.263 e. The van der Waals surface area contributed by atoms with Crippen molar-refractivity contribution in [1.29, 1.82) is 0 Å². The van der Waals surface area contributed by atoms with Crippen molar-refractivity contribution in [2.24, 2.45) is 0 Å². The fourth-order valence-electron chi connectivity index (χ4n) is 5.04.